The van der Waals surface area contributed by atoms with Crippen LogP contribution < -0.4 is 5.32 Å². The van der Waals surface area contributed by atoms with Crippen LogP contribution in [0.3, 0.4) is 0 Å². The molecule has 0 amide bonds. The van der Waals surface area contributed by atoms with Gasteiger partial charge in [-0.2, -0.15) is 10.2 Å². The summed E-state index contributed by atoms with van der Waals surface area (Å²) >= 11 is 0. The Morgan fingerprint density at radius 3 is 2.22 bits per heavy atom. The van der Waals surface area contributed by atoms with Crippen molar-refractivity contribution < 1.29 is 0 Å². The Morgan fingerprint density at radius 1 is 1.00 bits per heavy atom. The van der Waals surface area contributed by atoms with Crippen molar-refractivity contribution in [3.63, 3.8) is 0 Å². The zero-order chi connectivity index (χ0) is 13.0. The van der Waals surface area contributed by atoms with Gasteiger partial charge in [0.2, 0.25) is 0 Å². The molecule has 1 N–H and O–H groups in total. The van der Waals surface area contributed by atoms with Crippen molar-refractivity contribution in [2.24, 2.45) is 0 Å². The second-order valence-corrected chi connectivity index (χ2v) is 4.72. The van der Waals surface area contributed by atoms with Crippen LogP contribution in [0, 0.1) is 0 Å². The Hall–Kier alpha value is -1.74. The van der Waals surface area contributed by atoms with E-state index in [2.05, 4.69) is 53.6 Å². The van der Waals surface area contributed by atoms with E-state index in [4.69, 9.17) is 0 Å². The molecule has 0 radical (unpaired) electrons. The van der Waals surface area contributed by atoms with Crippen LogP contribution >= 0.6 is 0 Å². The van der Waals surface area contributed by atoms with E-state index in [1.54, 1.807) is 0 Å². The molecule has 0 aliphatic carbocycles. The van der Waals surface area contributed by atoms with Crippen LogP contribution in [0.4, 0.5) is 0 Å². The highest BCUT2D eigenvalue weighted by Gasteiger charge is 2.03. The van der Waals surface area contributed by atoms with Gasteiger partial charge in [-0.05, 0) is 30.7 Å². The van der Waals surface area contributed by atoms with Crippen molar-refractivity contribution in [2.75, 3.05) is 7.05 Å². The standard InChI is InChI=1S/C15H19N3/c1-11(2)12-4-6-13(7-5-12)15-9-8-14(10-16-3)17-18-15/h4-9,11,16H,10H2,1-3H3. The SMILES string of the molecule is CNCc1ccc(-c2ccc(C(C)C)cc2)nn1. The maximum absolute atomic E-state index is 4.25. The fraction of sp³-hybridized carbons (Fsp3) is 0.333. The molecule has 94 valence electrons. The van der Waals surface area contributed by atoms with E-state index >= 15 is 0 Å². The Labute approximate surface area is 108 Å². The van der Waals surface area contributed by atoms with Gasteiger partial charge in [0.1, 0.15) is 0 Å². The van der Waals surface area contributed by atoms with Gasteiger partial charge in [0, 0.05) is 12.1 Å². The minimum Gasteiger partial charge on any atom is -0.314 e. The number of aromatic nitrogens is 2. The lowest BCUT2D eigenvalue weighted by Crippen LogP contribution is -2.07. The summed E-state index contributed by atoms with van der Waals surface area (Å²) in [7, 11) is 1.90. The second kappa shape index (κ2) is 5.74. The van der Waals surface area contributed by atoms with Crippen molar-refractivity contribution in [2.45, 2.75) is 26.3 Å². The number of nitrogens with one attached hydrogen (secondary N) is 1. The molecule has 0 bridgehead atoms. The molecule has 2 aromatic rings. The summed E-state index contributed by atoms with van der Waals surface area (Å²) in [5.41, 5.74) is 4.34. The van der Waals surface area contributed by atoms with Crippen LogP contribution in [0.2, 0.25) is 0 Å². The van der Waals surface area contributed by atoms with Gasteiger partial charge in [0.15, 0.2) is 0 Å². The van der Waals surface area contributed by atoms with E-state index < -0.39 is 0 Å². The molecule has 0 spiro atoms. The Kier molecular flexibility index (Phi) is 4.05. The van der Waals surface area contributed by atoms with Crippen LogP contribution in [0.25, 0.3) is 11.3 Å². The molecule has 1 heterocycles. The first-order valence-corrected chi connectivity index (χ1v) is 6.28. The zero-order valence-corrected chi connectivity index (χ0v) is 11.1. The summed E-state index contributed by atoms with van der Waals surface area (Å²) in [5.74, 6) is 0.558. The van der Waals surface area contributed by atoms with Crippen molar-refractivity contribution in [3.05, 3.63) is 47.7 Å². The van der Waals surface area contributed by atoms with Crippen LogP contribution in [0.1, 0.15) is 31.0 Å². The lowest BCUT2D eigenvalue weighted by atomic mass is 10.0. The first-order chi connectivity index (χ1) is 8.70. The third-order valence-electron chi connectivity index (χ3n) is 2.95. The minimum absolute atomic E-state index is 0.558. The third-order valence-corrected chi connectivity index (χ3v) is 2.95. The summed E-state index contributed by atoms with van der Waals surface area (Å²) in [6.07, 6.45) is 0. The van der Waals surface area contributed by atoms with E-state index in [0.717, 1.165) is 23.5 Å². The normalized spacial score (nSPS) is 10.9. The maximum Gasteiger partial charge on any atom is 0.0929 e. The third kappa shape index (κ3) is 2.93. The number of benzene rings is 1. The fourth-order valence-electron chi connectivity index (χ4n) is 1.83. The van der Waals surface area contributed by atoms with Crippen LogP contribution in [-0.4, -0.2) is 17.2 Å². The molecule has 0 fully saturated rings. The molecule has 1 aromatic carbocycles. The van der Waals surface area contributed by atoms with E-state index in [1.165, 1.54) is 5.56 Å². The molecule has 0 saturated heterocycles. The first-order valence-electron chi connectivity index (χ1n) is 6.28. The first kappa shape index (κ1) is 12.7. The molecule has 0 aliphatic rings. The van der Waals surface area contributed by atoms with Crippen LogP contribution in [0.5, 0.6) is 0 Å². The highest BCUT2D eigenvalue weighted by atomic mass is 15.1. The Bertz CT molecular complexity index is 486. The summed E-state index contributed by atoms with van der Waals surface area (Å²) in [6, 6.07) is 12.6. The van der Waals surface area contributed by atoms with Crippen LogP contribution in [-0.2, 0) is 6.54 Å². The van der Waals surface area contributed by atoms with Crippen molar-refractivity contribution in [1.82, 2.24) is 15.5 Å². The van der Waals surface area contributed by atoms with Gasteiger partial charge in [0.05, 0.1) is 11.4 Å². The van der Waals surface area contributed by atoms with Gasteiger partial charge < -0.3 is 5.32 Å². The van der Waals surface area contributed by atoms with E-state index in [0.29, 0.717) is 5.92 Å². The molecule has 0 aliphatic heterocycles. The van der Waals surface area contributed by atoms with Crippen molar-refractivity contribution in [1.29, 1.82) is 0 Å². The molecular formula is C15H19N3. The van der Waals surface area contributed by atoms with Gasteiger partial charge in [-0.3, -0.25) is 0 Å². The van der Waals surface area contributed by atoms with Crippen molar-refractivity contribution in [3.8, 4) is 11.3 Å². The quantitative estimate of drug-likeness (QED) is 0.894. The summed E-state index contributed by atoms with van der Waals surface area (Å²) in [4.78, 5) is 0. The average molecular weight is 241 g/mol. The number of hydrogen-bond acceptors (Lipinski definition) is 3. The molecular weight excluding hydrogens is 222 g/mol. The lowest BCUT2D eigenvalue weighted by Gasteiger charge is -2.06. The topological polar surface area (TPSA) is 37.8 Å². The highest BCUT2D eigenvalue weighted by Crippen LogP contribution is 2.20. The average Bonchev–Trinajstić information content (AvgIpc) is 2.40. The molecule has 3 nitrogen and oxygen atoms in total. The molecule has 0 atom stereocenters. The molecule has 2 rings (SSSR count). The largest absolute Gasteiger partial charge is 0.314 e. The molecule has 3 heteroatoms. The van der Waals surface area contributed by atoms with E-state index in [9.17, 15) is 0 Å². The second-order valence-electron chi connectivity index (χ2n) is 4.72. The lowest BCUT2D eigenvalue weighted by molar-refractivity contribution is 0.768. The minimum atomic E-state index is 0.558. The van der Waals surface area contributed by atoms with Crippen LogP contribution in [0.15, 0.2) is 36.4 Å². The van der Waals surface area contributed by atoms with Gasteiger partial charge in [-0.15, -0.1) is 0 Å². The predicted octanol–water partition coefficient (Wildman–Crippen LogP) is 2.99. The summed E-state index contributed by atoms with van der Waals surface area (Å²) < 4.78 is 0. The molecule has 1 aromatic heterocycles. The Balaban J connectivity index is 2.20. The maximum atomic E-state index is 4.25. The molecule has 0 saturated carbocycles. The number of hydrogen-bond donors (Lipinski definition) is 1. The van der Waals surface area contributed by atoms with E-state index in [-0.39, 0.29) is 0 Å². The molecule has 0 unspecified atom stereocenters. The monoisotopic (exact) mass is 241 g/mol. The highest BCUT2D eigenvalue weighted by molar-refractivity contribution is 5.58. The zero-order valence-electron chi connectivity index (χ0n) is 11.1. The van der Waals surface area contributed by atoms with E-state index in [1.807, 2.05) is 19.2 Å². The van der Waals surface area contributed by atoms with Gasteiger partial charge >= 0.3 is 0 Å². The van der Waals surface area contributed by atoms with Gasteiger partial charge in [0.25, 0.3) is 0 Å². The fourth-order valence-corrected chi connectivity index (χ4v) is 1.83. The van der Waals surface area contributed by atoms with Gasteiger partial charge in [-0.25, -0.2) is 0 Å². The molecule has 18 heavy (non-hydrogen) atoms. The Morgan fingerprint density at radius 2 is 1.72 bits per heavy atom. The number of rotatable bonds is 4. The smallest absolute Gasteiger partial charge is 0.0929 e. The summed E-state index contributed by atoms with van der Waals surface area (Å²) in [5, 5.41) is 11.5. The summed E-state index contributed by atoms with van der Waals surface area (Å²) in [6.45, 7) is 5.14. The van der Waals surface area contributed by atoms with Gasteiger partial charge in [-0.1, -0.05) is 38.1 Å². The van der Waals surface area contributed by atoms with Crippen molar-refractivity contribution >= 4 is 0 Å². The predicted molar refractivity (Wildman–Crippen MR) is 74.3 cm³/mol. The number of nitrogens with zero attached hydrogens (tertiary/aromatic N) is 2.